The third kappa shape index (κ3) is 2.48. The molecular formula is C16H14N2O5S. The van der Waals surface area contributed by atoms with Crippen LogP contribution in [0.15, 0.2) is 23.6 Å². The molecule has 1 atom stereocenters. The summed E-state index contributed by atoms with van der Waals surface area (Å²) >= 11 is 1.34. The van der Waals surface area contributed by atoms with Gasteiger partial charge in [-0.1, -0.05) is 0 Å². The number of nitrogens with zero attached hydrogens (tertiary/aromatic N) is 2. The van der Waals surface area contributed by atoms with Crippen LogP contribution in [0.1, 0.15) is 23.3 Å². The third-order valence-corrected chi connectivity index (χ3v) is 5.03. The Kier molecular flexibility index (Phi) is 3.61. The molecule has 0 spiro atoms. The number of amides is 1. The van der Waals surface area contributed by atoms with E-state index < -0.39 is 12.0 Å². The van der Waals surface area contributed by atoms with Crippen molar-refractivity contribution in [1.29, 1.82) is 0 Å². The van der Waals surface area contributed by atoms with E-state index in [1.807, 2.05) is 18.2 Å². The Morgan fingerprint density at radius 3 is 2.96 bits per heavy atom. The molecule has 1 unspecified atom stereocenters. The summed E-state index contributed by atoms with van der Waals surface area (Å²) in [6.45, 7) is 0.651. The fourth-order valence-electron chi connectivity index (χ4n) is 2.95. The van der Waals surface area contributed by atoms with Gasteiger partial charge in [-0.05, 0) is 31.0 Å². The second kappa shape index (κ2) is 5.79. The Labute approximate surface area is 141 Å². The summed E-state index contributed by atoms with van der Waals surface area (Å²) in [5, 5.41) is 11.6. The molecule has 1 aromatic carbocycles. The van der Waals surface area contributed by atoms with Crippen LogP contribution in [-0.2, 0) is 4.79 Å². The molecule has 1 aromatic heterocycles. The zero-order valence-electron chi connectivity index (χ0n) is 12.6. The van der Waals surface area contributed by atoms with E-state index in [-0.39, 0.29) is 18.4 Å². The Bertz CT molecular complexity index is 819. The molecule has 3 heterocycles. The highest BCUT2D eigenvalue weighted by atomic mass is 32.1. The molecule has 8 heteroatoms. The summed E-state index contributed by atoms with van der Waals surface area (Å²) in [7, 11) is 0. The van der Waals surface area contributed by atoms with Gasteiger partial charge in [0.2, 0.25) is 6.79 Å². The molecule has 1 amide bonds. The van der Waals surface area contributed by atoms with Crippen molar-refractivity contribution in [3.63, 3.8) is 0 Å². The summed E-state index contributed by atoms with van der Waals surface area (Å²) < 4.78 is 10.6. The number of rotatable bonds is 3. The zero-order valence-corrected chi connectivity index (χ0v) is 13.4. The molecule has 0 bridgehead atoms. The smallest absolute Gasteiger partial charge is 0.326 e. The van der Waals surface area contributed by atoms with Crippen LogP contribution < -0.4 is 9.47 Å². The van der Waals surface area contributed by atoms with Gasteiger partial charge in [-0.25, -0.2) is 9.78 Å². The van der Waals surface area contributed by atoms with Gasteiger partial charge in [0, 0.05) is 17.5 Å². The minimum Gasteiger partial charge on any atom is -0.480 e. The highest BCUT2D eigenvalue weighted by Gasteiger charge is 2.35. The van der Waals surface area contributed by atoms with E-state index in [1.54, 1.807) is 5.38 Å². The van der Waals surface area contributed by atoms with Gasteiger partial charge >= 0.3 is 5.97 Å². The van der Waals surface area contributed by atoms with Crippen LogP contribution in [0, 0.1) is 0 Å². The van der Waals surface area contributed by atoms with Gasteiger partial charge < -0.3 is 19.5 Å². The molecule has 1 fully saturated rings. The van der Waals surface area contributed by atoms with Gasteiger partial charge in [0.15, 0.2) is 11.5 Å². The van der Waals surface area contributed by atoms with E-state index in [1.165, 1.54) is 16.2 Å². The van der Waals surface area contributed by atoms with E-state index in [4.69, 9.17) is 9.47 Å². The first kappa shape index (κ1) is 14.9. The van der Waals surface area contributed by atoms with E-state index >= 15 is 0 Å². The molecule has 0 radical (unpaired) electrons. The Hall–Kier alpha value is -2.61. The minimum absolute atomic E-state index is 0.200. The third-order valence-electron chi connectivity index (χ3n) is 4.14. The van der Waals surface area contributed by atoms with Crippen molar-refractivity contribution in [3.05, 3.63) is 29.3 Å². The molecule has 1 N–H and O–H groups in total. The number of thiazole rings is 1. The van der Waals surface area contributed by atoms with Gasteiger partial charge in [0.05, 0.1) is 0 Å². The minimum atomic E-state index is -0.966. The quantitative estimate of drug-likeness (QED) is 0.917. The summed E-state index contributed by atoms with van der Waals surface area (Å²) in [4.78, 5) is 29.6. The largest absolute Gasteiger partial charge is 0.480 e. The fourth-order valence-corrected chi connectivity index (χ4v) is 3.74. The number of hydrogen-bond acceptors (Lipinski definition) is 6. The Balaban J connectivity index is 1.58. The van der Waals surface area contributed by atoms with Crippen molar-refractivity contribution >= 4 is 23.2 Å². The van der Waals surface area contributed by atoms with Gasteiger partial charge in [-0.15, -0.1) is 11.3 Å². The number of carbonyl (C=O) groups excluding carboxylic acids is 1. The van der Waals surface area contributed by atoms with E-state index in [2.05, 4.69) is 4.98 Å². The van der Waals surface area contributed by atoms with Crippen molar-refractivity contribution in [2.45, 2.75) is 18.9 Å². The van der Waals surface area contributed by atoms with Crippen molar-refractivity contribution in [2.24, 2.45) is 0 Å². The predicted octanol–water partition coefficient (Wildman–Crippen LogP) is 2.23. The lowest BCUT2D eigenvalue weighted by Gasteiger charge is -2.20. The second-order valence-electron chi connectivity index (χ2n) is 5.60. The lowest BCUT2D eigenvalue weighted by molar-refractivity contribution is -0.141. The molecule has 2 aliphatic rings. The number of aliphatic carboxylic acids is 1. The Morgan fingerprint density at radius 2 is 2.12 bits per heavy atom. The van der Waals surface area contributed by atoms with Gasteiger partial charge in [0.1, 0.15) is 16.7 Å². The number of carboxylic acids is 1. The lowest BCUT2D eigenvalue weighted by atomic mass is 10.2. The highest BCUT2D eigenvalue weighted by molar-refractivity contribution is 7.13. The molecular weight excluding hydrogens is 332 g/mol. The number of fused-ring (bicyclic) bond motifs is 1. The molecule has 0 aliphatic carbocycles. The molecule has 24 heavy (non-hydrogen) atoms. The monoisotopic (exact) mass is 346 g/mol. The Morgan fingerprint density at radius 1 is 1.29 bits per heavy atom. The lowest BCUT2D eigenvalue weighted by Crippen LogP contribution is -2.40. The van der Waals surface area contributed by atoms with Gasteiger partial charge in [0.25, 0.3) is 5.91 Å². The van der Waals surface area contributed by atoms with Gasteiger partial charge in [-0.3, -0.25) is 4.79 Å². The molecule has 2 aromatic rings. The maximum Gasteiger partial charge on any atom is 0.326 e. The molecule has 4 rings (SSSR count). The average molecular weight is 346 g/mol. The number of aromatic nitrogens is 1. The van der Waals surface area contributed by atoms with Crippen molar-refractivity contribution in [2.75, 3.05) is 13.3 Å². The molecule has 124 valence electrons. The van der Waals surface area contributed by atoms with Crippen LogP contribution in [0.4, 0.5) is 0 Å². The first-order valence-corrected chi connectivity index (χ1v) is 8.41. The van der Waals surface area contributed by atoms with Crippen LogP contribution in [0.5, 0.6) is 11.5 Å². The molecule has 0 saturated carbocycles. The number of likely N-dealkylation sites (tertiary alicyclic amines) is 1. The van der Waals surface area contributed by atoms with Crippen LogP contribution in [0.2, 0.25) is 0 Å². The summed E-state index contributed by atoms with van der Waals surface area (Å²) in [6, 6.07) is 4.73. The number of ether oxygens (including phenoxy) is 2. The average Bonchev–Trinajstić information content (AvgIpc) is 3.31. The molecule has 7 nitrogen and oxygen atoms in total. The zero-order chi connectivity index (χ0) is 16.7. The number of hydrogen-bond donors (Lipinski definition) is 1. The number of benzene rings is 1. The first-order chi connectivity index (χ1) is 11.6. The van der Waals surface area contributed by atoms with Crippen LogP contribution >= 0.6 is 11.3 Å². The first-order valence-electron chi connectivity index (χ1n) is 7.53. The van der Waals surface area contributed by atoms with Crippen molar-refractivity contribution in [1.82, 2.24) is 9.88 Å². The van der Waals surface area contributed by atoms with E-state index in [9.17, 15) is 14.7 Å². The fraction of sp³-hybridized carbons (Fsp3) is 0.312. The second-order valence-corrected chi connectivity index (χ2v) is 6.46. The van der Waals surface area contributed by atoms with Crippen molar-refractivity contribution < 1.29 is 24.2 Å². The topological polar surface area (TPSA) is 89.0 Å². The van der Waals surface area contributed by atoms with Gasteiger partial charge in [-0.2, -0.15) is 0 Å². The standard InChI is InChI=1S/C16H14N2O5S/c19-15(18-5-1-2-11(18)16(20)21)10-7-24-14(17-10)9-3-4-12-13(6-9)23-8-22-12/h3-4,6-7,11H,1-2,5,8H2,(H,20,21). The van der Waals surface area contributed by atoms with Crippen LogP contribution in [0.25, 0.3) is 10.6 Å². The maximum atomic E-state index is 12.6. The number of carbonyl (C=O) groups is 2. The van der Waals surface area contributed by atoms with Crippen LogP contribution in [0.3, 0.4) is 0 Å². The van der Waals surface area contributed by atoms with Crippen LogP contribution in [-0.4, -0.2) is 46.2 Å². The van der Waals surface area contributed by atoms with E-state index in [0.717, 1.165) is 5.56 Å². The SMILES string of the molecule is O=C(O)C1CCCN1C(=O)c1csc(-c2ccc3c(c2)OCO3)n1. The maximum absolute atomic E-state index is 12.6. The predicted molar refractivity (Wildman–Crippen MR) is 85.4 cm³/mol. The number of carboxylic acid groups (broad SMARTS) is 1. The summed E-state index contributed by atoms with van der Waals surface area (Å²) in [6.07, 6.45) is 1.18. The molecule has 2 aliphatic heterocycles. The van der Waals surface area contributed by atoms with E-state index in [0.29, 0.717) is 35.9 Å². The highest BCUT2D eigenvalue weighted by Crippen LogP contribution is 2.36. The summed E-state index contributed by atoms with van der Waals surface area (Å²) in [5.41, 5.74) is 1.11. The van der Waals surface area contributed by atoms with Crippen molar-refractivity contribution in [3.8, 4) is 22.1 Å². The normalized spacial score (nSPS) is 18.8. The summed E-state index contributed by atoms with van der Waals surface area (Å²) in [5.74, 6) is 0.0456. The molecule has 1 saturated heterocycles.